The molecule has 0 rings (SSSR count). The third-order valence-electron chi connectivity index (χ3n) is 1.38. The molecule has 0 unspecified atom stereocenters. The van der Waals surface area contributed by atoms with Crippen LogP contribution in [0.15, 0.2) is 0 Å². The van der Waals surface area contributed by atoms with Gasteiger partial charge in [-0.2, -0.15) is 0 Å². The molecule has 3 N–H and O–H groups in total. The molecule has 0 heterocycles. The summed E-state index contributed by atoms with van der Waals surface area (Å²) in [4.78, 5) is 43.5. The lowest BCUT2D eigenvalue weighted by molar-refractivity contribution is -0.147. The van der Waals surface area contributed by atoms with Crippen molar-refractivity contribution in [1.29, 1.82) is 0 Å². The van der Waals surface area contributed by atoms with Gasteiger partial charge in [-0.05, 0) is 0 Å². The number of carbonyl (C=O) groups is 4. The van der Waals surface area contributed by atoms with Gasteiger partial charge in [-0.25, -0.2) is 4.79 Å². The van der Waals surface area contributed by atoms with E-state index in [-0.39, 0.29) is 0 Å². The van der Waals surface area contributed by atoms with Gasteiger partial charge in [-0.3, -0.25) is 14.4 Å². The second kappa shape index (κ2) is 6.59. The second-order valence-corrected chi connectivity index (χ2v) is 5.51. The van der Waals surface area contributed by atoms with Gasteiger partial charge in [0, 0.05) is 20.8 Å². The molecule has 0 bridgehead atoms. The van der Waals surface area contributed by atoms with E-state index in [1.165, 1.54) is 0 Å². The lowest BCUT2D eigenvalue weighted by Crippen LogP contribution is -2.58. The summed E-state index contributed by atoms with van der Waals surface area (Å²) in [6.07, 6.45) is -0.485. The van der Waals surface area contributed by atoms with Gasteiger partial charge in [0.25, 0.3) is 17.9 Å². The van der Waals surface area contributed by atoms with Gasteiger partial charge < -0.3 is 24.3 Å². The van der Waals surface area contributed by atoms with E-state index in [0.29, 0.717) is 0 Å². The van der Waals surface area contributed by atoms with Crippen molar-refractivity contribution in [2.24, 2.45) is 5.73 Å². The summed E-state index contributed by atoms with van der Waals surface area (Å²) in [5.41, 5.74) is 4.84. The maximum atomic E-state index is 11.0. The highest BCUT2D eigenvalue weighted by Gasteiger charge is 2.52. The van der Waals surface area contributed by atoms with E-state index < -0.39 is 38.9 Å². The van der Waals surface area contributed by atoms with Crippen LogP contribution < -0.4 is 11.1 Å². The summed E-state index contributed by atoms with van der Waals surface area (Å²) in [7, 11) is -4.01. The van der Waals surface area contributed by atoms with E-state index in [1.807, 2.05) is 0 Å². The fourth-order valence-electron chi connectivity index (χ4n) is 1.02. The minimum atomic E-state index is -4.01. The third kappa shape index (κ3) is 6.47. The first-order valence-electron chi connectivity index (χ1n) is 4.79. The Morgan fingerprint density at radius 3 is 1.50 bits per heavy atom. The van der Waals surface area contributed by atoms with Crippen molar-refractivity contribution in [1.82, 2.24) is 5.32 Å². The molecule has 0 aromatic carbocycles. The van der Waals surface area contributed by atoms with Gasteiger partial charge in [0.15, 0.2) is 0 Å². The standard InChI is InChI=1S/C8H14N2O7Si/c1-5(11)15-18(16-6(2)12,17-7(3)13)4-10-8(9)14/h4H2,1-3H3,(H3,9,10,14). The topological polar surface area (TPSA) is 134 Å². The number of hydrogen-bond donors (Lipinski definition) is 2. The predicted molar refractivity (Wildman–Crippen MR) is 58.6 cm³/mol. The Bertz CT molecular complexity index is 330. The first-order chi connectivity index (χ1) is 8.17. The molecule has 0 aromatic rings. The molecule has 0 fully saturated rings. The number of amides is 2. The zero-order chi connectivity index (χ0) is 14.3. The summed E-state index contributed by atoms with van der Waals surface area (Å²) < 4.78 is 14.3. The maximum absolute atomic E-state index is 11.0. The monoisotopic (exact) mass is 278 g/mol. The molecular formula is C8H14N2O7Si. The largest absolute Gasteiger partial charge is 0.725 e. The molecule has 0 aliphatic heterocycles. The summed E-state index contributed by atoms with van der Waals surface area (Å²) in [6.45, 7) is 3.12. The molecule has 0 radical (unpaired) electrons. The number of urea groups is 1. The van der Waals surface area contributed by atoms with Crippen molar-refractivity contribution in [3.05, 3.63) is 0 Å². The number of nitrogens with two attached hydrogens (primary N) is 1. The molecule has 2 amide bonds. The number of hydrogen-bond acceptors (Lipinski definition) is 7. The lowest BCUT2D eigenvalue weighted by Gasteiger charge is -2.25. The Kier molecular flexibility index (Phi) is 5.82. The molecule has 0 aliphatic rings. The van der Waals surface area contributed by atoms with Crippen LogP contribution in [0.4, 0.5) is 4.79 Å². The first-order valence-corrected chi connectivity index (χ1v) is 6.72. The molecule has 9 nitrogen and oxygen atoms in total. The highest BCUT2D eigenvalue weighted by Crippen LogP contribution is 2.10. The summed E-state index contributed by atoms with van der Waals surface area (Å²) >= 11 is 0. The molecule has 0 aromatic heterocycles. The second-order valence-electron chi connectivity index (χ2n) is 3.18. The Morgan fingerprint density at radius 2 is 1.28 bits per heavy atom. The van der Waals surface area contributed by atoms with Gasteiger partial charge in [-0.1, -0.05) is 0 Å². The third-order valence-corrected chi connectivity index (χ3v) is 3.78. The first kappa shape index (κ1) is 15.9. The van der Waals surface area contributed by atoms with Crippen molar-refractivity contribution < 1.29 is 32.5 Å². The Morgan fingerprint density at radius 1 is 0.944 bits per heavy atom. The SMILES string of the molecule is CC(=O)O[Si](CNC(N)=O)(OC(C)=O)OC(C)=O. The molecular weight excluding hydrogens is 264 g/mol. The quantitative estimate of drug-likeness (QED) is 0.604. The molecule has 0 atom stereocenters. The van der Waals surface area contributed by atoms with E-state index >= 15 is 0 Å². The molecule has 0 spiro atoms. The molecule has 0 saturated carbocycles. The number of rotatable bonds is 5. The van der Waals surface area contributed by atoms with Crippen molar-refractivity contribution >= 4 is 32.7 Å². The summed E-state index contributed by atoms with van der Waals surface area (Å²) in [5, 5.41) is 2.07. The van der Waals surface area contributed by atoms with Crippen LogP contribution in [-0.2, 0) is 27.7 Å². The van der Waals surface area contributed by atoms with Gasteiger partial charge in [0.2, 0.25) is 0 Å². The van der Waals surface area contributed by atoms with Gasteiger partial charge in [-0.15, -0.1) is 0 Å². The fourth-order valence-corrected chi connectivity index (χ4v) is 3.07. The van der Waals surface area contributed by atoms with E-state index in [2.05, 4.69) is 5.32 Å². The van der Waals surface area contributed by atoms with Crippen LogP contribution in [0, 0.1) is 0 Å². The molecule has 0 saturated heterocycles. The average Bonchev–Trinajstić information content (AvgIpc) is 2.11. The Labute approximate surface area is 104 Å². The highest BCUT2D eigenvalue weighted by molar-refractivity contribution is 6.66. The Hall–Kier alpha value is -2.10. The van der Waals surface area contributed by atoms with E-state index in [1.54, 1.807) is 0 Å². The average molecular weight is 278 g/mol. The van der Waals surface area contributed by atoms with Crippen LogP contribution in [0.1, 0.15) is 20.8 Å². The minimum absolute atomic E-state index is 0.485. The molecule has 0 aliphatic carbocycles. The Balaban J connectivity index is 5.08. The molecule has 102 valence electrons. The van der Waals surface area contributed by atoms with Crippen LogP contribution in [0.3, 0.4) is 0 Å². The van der Waals surface area contributed by atoms with E-state index in [0.717, 1.165) is 20.8 Å². The van der Waals surface area contributed by atoms with E-state index in [4.69, 9.17) is 19.0 Å². The lowest BCUT2D eigenvalue weighted by atomic mass is 10.9. The zero-order valence-electron chi connectivity index (χ0n) is 10.1. The number of primary amides is 1. The fraction of sp³-hybridized carbons (Fsp3) is 0.500. The van der Waals surface area contributed by atoms with Crippen LogP contribution in [0.25, 0.3) is 0 Å². The zero-order valence-corrected chi connectivity index (χ0v) is 11.1. The van der Waals surface area contributed by atoms with Crippen LogP contribution >= 0.6 is 0 Å². The van der Waals surface area contributed by atoms with Crippen LogP contribution in [0.5, 0.6) is 0 Å². The number of carbonyl (C=O) groups excluding carboxylic acids is 4. The molecule has 10 heteroatoms. The van der Waals surface area contributed by atoms with Crippen molar-refractivity contribution in [2.45, 2.75) is 20.8 Å². The highest BCUT2D eigenvalue weighted by atomic mass is 28.4. The van der Waals surface area contributed by atoms with Crippen LogP contribution in [-0.4, -0.2) is 38.9 Å². The van der Waals surface area contributed by atoms with Crippen molar-refractivity contribution in [3.63, 3.8) is 0 Å². The smallest absolute Gasteiger partial charge is 0.454 e. The number of nitrogens with one attached hydrogen (secondary N) is 1. The summed E-state index contributed by atoms with van der Waals surface area (Å²) in [6, 6.07) is -0.946. The maximum Gasteiger partial charge on any atom is 0.725 e. The van der Waals surface area contributed by atoms with Crippen molar-refractivity contribution in [2.75, 3.05) is 6.17 Å². The normalized spacial score (nSPS) is 10.2. The molecule has 18 heavy (non-hydrogen) atoms. The van der Waals surface area contributed by atoms with Gasteiger partial charge in [0.05, 0.1) is 0 Å². The predicted octanol–water partition coefficient (Wildman–Crippen LogP) is -1.18. The van der Waals surface area contributed by atoms with Crippen molar-refractivity contribution in [3.8, 4) is 0 Å². The van der Waals surface area contributed by atoms with Crippen LogP contribution in [0.2, 0.25) is 0 Å². The van der Waals surface area contributed by atoms with Gasteiger partial charge >= 0.3 is 14.8 Å². The minimum Gasteiger partial charge on any atom is -0.454 e. The van der Waals surface area contributed by atoms with Gasteiger partial charge in [0.1, 0.15) is 6.17 Å². The summed E-state index contributed by atoms with van der Waals surface area (Å²) in [5.74, 6) is -2.47. The van der Waals surface area contributed by atoms with E-state index in [9.17, 15) is 19.2 Å².